The molecule has 0 atom stereocenters. The van der Waals surface area contributed by atoms with Gasteiger partial charge in [0.15, 0.2) is 0 Å². The van der Waals surface area contributed by atoms with Crippen LogP contribution in [0.3, 0.4) is 0 Å². The SMILES string of the molecule is Cc1nn(CCO)c(C)c1CNC(c1ccccc1)c1ccccc1. The zero-order chi connectivity index (χ0) is 17.6. The van der Waals surface area contributed by atoms with Gasteiger partial charge in [-0.05, 0) is 25.0 Å². The Morgan fingerprint density at radius 2 is 1.52 bits per heavy atom. The number of aliphatic hydroxyl groups is 1. The Morgan fingerprint density at radius 1 is 0.960 bits per heavy atom. The van der Waals surface area contributed by atoms with E-state index in [1.165, 1.54) is 16.7 Å². The number of hydrogen-bond donors (Lipinski definition) is 2. The van der Waals surface area contributed by atoms with Crippen LogP contribution >= 0.6 is 0 Å². The van der Waals surface area contributed by atoms with Crippen LogP contribution in [0.15, 0.2) is 60.7 Å². The molecule has 0 bridgehead atoms. The number of aromatic nitrogens is 2. The molecule has 0 saturated heterocycles. The molecule has 2 aromatic carbocycles. The number of rotatable bonds is 7. The Morgan fingerprint density at radius 3 is 2.04 bits per heavy atom. The van der Waals surface area contributed by atoms with E-state index in [9.17, 15) is 5.11 Å². The summed E-state index contributed by atoms with van der Waals surface area (Å²) in [6.45, 7) is 5.46. The van der Waals surface area contributed by atoms with Crippen LogP contribution in [0.2, 0.25) is 0 Å². The fraction of sp³-hybridized carbons (Fsp3) is 0.286. The molecule has 3 aromatic rings. The van der Waals surface area contributed by atoms with E-state index < -0.39 is 0 Å². The van der Waals surface area contributed by atoms with Gasteiger partial charge in [0.1, 0.15) is 0 Å². The second-order valence-electron chi connectivity index (χ2n) is 6.23. The third kappa shape index (κ3) is 3.98. The maximum atomic E-state index is 9.18. The zero-order valence-electron chi connectivity index (χ0n) is 14.8. The molecular formula is C21H25N3O. The van der Waals surface area contributed by atoms with Crippen molar-refractivity contribution in [3.05, 3.63) is 88.7 Å². The van der Waals surface area contributed by atoms with E-state index in [1.807, 2.05) is 23.7 Å². The highest BCUT2D eigenvalue weighted by Gasteiger charge is 2.16. The molecule has 0 saturated carbocycles. The summed E-state index contributed by atoms with van der Waals surface area (Å²) in [4.78, 5) is 0. The quantitative estimate of drug-likeness (QED) is 0.696. The van der Waals surface area contributed by atoms with Crippen molar-refractivity contribution in [2.24, 2.45) is 0 Å². The summed E-state index contributed by atoms with van der Waals surface area (Å²) < 4.78 is 1.88. The molecule has 130 valence electrons. The molecule has 1 aromatic heterocycles. The molecule has 4 heteroatoms. The van der Waals surface area contributed by atoms with Gasteiger partial charge < -0.3 is 10.4 Å². The lowest BCUT2D eigenvalue weighted by molar-refractivity contribution is 0.267. The first-order chi connectivity index (χ1) is 12.2. The Balaban J connectivity index is 1.85. The highest BCUT2D eigenvalue weighted by Crippen LogP contribution is 2.23. The zero-order valence-corrected chi connectivity index (χ0v) is 14.8. The fourth-order valence-electron chi connectivity index (χ4n) is 3.23. The highest BCUT2D eigenvalue weighted by atomic mass is 16.3. The number of nitrogens with one attached hydrogen (secondary N) is 1. The van der Waals surface area contributed by atoms with Crippen molar-refractivity contribution in [2.75, 3.05) is 6.61 Å². The summed E-state index contributed by atoms with van der Waals surface area (Å²) in [5.74, 6) is 0. The van der Waals surface area contributed by atoms with Crippen molar-refractivity contribution >= 4 is 0 Å². The van der Waals surface area contributed by atoms with E-state index in [0.29, 0.717) is 6.54 Å². The van der Waals surface area contributed by atoms with Gasteiger partial charge in [0.25, 0.3) is 0 Å². The van der Waals surface area contributed by atoms with Crippen molar-refractivity contribution < 1.29 is 5.11 Å². The number of aryl methyl sites for hydroxylation is 1. The molecule has 0 radical (unpaired) electrons. The molecule has 3 rings (SSSR count). The van der Waals surface area contributed by atoms with Gasteiger partial charge in [-0.25, -0.2) is 0 Å². The van der Waals surface area contributed by atoms with Gasteiger partial charge in [-0.3, -0.25) is 4.68 Å². The molecule has 0 unspecified atom stereocenters. The lowest BCUT2D eigenvalue weighted by Crippen LogP contribution is -2.22. The minimum Gasteiger partial charge on any atom is -0.394 e. The van der Waals surface area contributed by atoms with Crippen LogP contribution in [-0.4, -0.2) is 21.5 Å². The van der Waals surface area contributed by atoms with Crippen molar-refractivity contribution in [3.8, 4) is 0 Å². The molecule has 0 aliphatic heterocycles. The van der Waals surface area contributed by atoms with Crippen molar-refractivity contribution in [1.29, 1.82) is 0 Å². The number of hydrogen-bond acceptors (Lipinski definition) is 3. The highest BCUT2D eigenvalue weighted by molar-refractivity contribution is 5.32. The van der Waals surface area contributed by atoms with Gasteiger partial charge >= 0.3 is 0 Å². The van der Waals surface area contributed by atoms with E-state index in [4.69, 9.17) is 0 Å². The summed E-state index contributed by atoms with van der Waals surface area (Å²) in [5, 5.41) is 17.4. The van der Waals surface area contributed by atoms with Crippen molar-refractivity contribution in [1.82, 2.24) is 15.1 Å². The van der Waals surface area contributed by atoms with Crippen molar-refractivity contribution in [3.63, 3.8) is 0 Å². The summed E-state index contributed by atoms with van der Waals surface area (Å²) in [6.07, 6.45) is 0. The van der Waals surface area contributed by atoms with Gasteiger partial charge in [-0.2, -0.15) is 5.10 Å². The predicted octanol–water partition coefficient (Wildman–Crippen LogP) is 3.37. The van der Waals surface area contributed by atoms with E-state index in [2.05, 4.69) is 65.9 Å². The normalized spacial score (nSPS) is 11.2. The standard InChI is InChI=1S/C21H25N3O/c1-16-20(17(2)24(23-16)13-14-25)15-22-21(18-9-5-3-6-10-18)19-11-7-4-8-12-19/h3-12,21-22,25H,13-15H2,1-2H3. The van der Waals surface area contributed by atoms with Gasteiger partial charge in [-0.1, -0.05) is 60.7 Å². The average molecular weight is 335 g/mol. The molecule has 0 spiro atoms. The van der Waals surface area contributed by atoms with E-state index in [-0.39, 0.29) is 12.6 Å². The molecule has 0 aliphatic carbocycles. The molecule has 0 amide bonds. The van der Waals surface area contributed by atoms with Gasteiger partial charge in [0.05, 0.1) is 24.9 Å². The first-order valence-corrected chi connectivity index (χ1v) is 8.67. The van der Waals surface area contributed by atoms with Crippen LogP contribution in [-0.2, 0) is 13.1 Å². The number of nitrogens with zero attached hydrogens (tertiary/aromatic N) is 2. The minimum absolute atomic E-state index is 0.103. The third-order valence-corrected chi connectivity index (χ3v) is 4.59. The van der Waals surface area contributed by atoms with Gasteiger partial charge in [-0.15, -0.1) is 0 Å². The Bertz CT molecular complexity index is 757. The maximum Gasteiger partial charge on any atom is 0.0644 e. The third-order valence-electron chi connectivity index (χ3n) is 4.59. The summed E-state index contributed by atoms with van der Waals surface area (Å²) >= 11 is 0. The average Bonchev–Trinajstić information content (AvgIpc) is 2.91. The number of aliphatic hydroxyl groups excluding tert-OH is 1. The predicted molar refractivity (Wildman–Crippen MR) is 100 cm³/mol. The largest absolute Gasteiger partial charge is 0.394 e. The molecule has 25 heavy (non-hydrogen) atoms. The van der Waals surface area contributed by atoms with Crippen LogP contribution < -0.4 is 5.32 Å². The van der Waals surface area contributed by atoms with Gasteiger partial charge in [0.2, 0.25) is 0 Å². The lowest BCUT2D eigenvalue weighted by Gasteiger charge is -2.20. The van der Waals surface area contributed by atoms with Crippen LogP contribution in [0.25, 0.3) is 0 Å². The number of benzene rings is 2. The Hall–Kier alpha value is -2.43. The maximum absolute atomic E-state index is 9.18. The molecule has 0 aliphatic rings. The van der Waals surface area contributed by atoms with E-state index in [1.54, 1.807) is 0 Å². The molecular weight excluding hydrogens is 310 g/mol. The van der Waals surface area contributed by atoms with Crippen LogP contribution in [0.4, 0.5) is 0 Å². The lowest BCUT2D eigenvalue weighted by atomic mass is 9.98. The second kappa shape index (κ2) is 8.10. The smallest absolute Gasteiger partial charge is 0.0644 e. The van der Waals surface area contributed by atoms with Crippen LogP contribution in [0, 0.1) is 13.8 Å². The first-order valence-electron chi connectivity index (χ1n) is 8.67. The van der Waals surface area contributed by atoms with E-state index >= 15 is 0 Å². The monoisotopic (exact) mass is 335 g/mol. The first kappa shape index (κ1) is 17.4. The fourth-order valence-corrected chi connectivity index (χ4v) is 3.23. The van der Waals surface area contributed by atoms with Crippen LogP contribution in [0.1, 0.15) is 34.1 Å². The molecule has 4 nitrogen and oxygen atoms in total. The van der Waals surface area contributed by atoms with E-state index in [0.717, 1.165) is 17.9 Å². The summed E-state index contributed by atoms with van der Waals surface area (Å²) in [7, 11) is 0. The Labute approximate surface area is 149 Å². The molecule has 1 heterocycles. The topological polar surface area (TPSA) is 50.1 Å². The van der Waals surface area contributed by atoms with Gasteiger partial charge in [0, 0.05) is 17.8 Å². The molecule has 0 fully saturated rings. The minimum atomic E-state index is 0.103. The van der Waals surface area contributed by atoms with Crippen LogP contribution in [0.5, 0.6) is 0 Å². The second-order valence-corrected chi connectivity index (χ2v) is 6.23. The Kier molecular flexibility index (Phi) is 5.64. The summed E-state index contributed by atoms with van der Waals surface area (Å²) in [5.41, 5.74) is 5.81. The summed E-state index contributed by atoms with van der Waals surface area (Å²) in [6, 6.07) is 21.1. The van der Waals surface area contributed by atoms with Crippen molar-refractivity contribution in [2.45, 2.75) is 33.0 Å². The molecule has 2 N–H and O–H groups in total.